The van der Waals surface area contributed by atoms with Gasteiger partial charge in [-0.05, 0) is 6.92 Å². The van der Waals surface area contributed by atoms with E-state index in [1.54, 1.807) is 14.0 Å². The van der Waals surface area contributed by atoms with Crippen LogP contribution < -0.4 is 11.1 Å². The van der Waals surface area contributed by atoms with Crippen LogP contribution in [0, 0.1) is 5.92 Å². The van der Waals surface area contributed by atoms with Crippen molar-refractivity contribution in [2.45, 2.75) is 31.7 Å². The zero-order valence-electron chi connectivity index (χ0n) is 13.7. The van der Waals surface area contributed by atoms with Crippen molar-refractivity contribution in [2.24, 2.45) is 11.7 Å². The molecule has 0 radical (unpaired) electrons. The van der Waals surface area contributed by atoms with Crippen LogP contribution in [0.15, 0.2) is 22.5 Å². The molecule has 0 spiro atoms. The zero-order chi connectivity index (χ0) is 17.4. The standard InChI is InChI=1S/C16H19N3O5/c1-6-11(17)14(22)10-8(5-24-7(2)20)16(23-3)15-9(18-15)4-19(16)12(10)13(6)21/h8-9,15,18H,4-5,17H2,1-3H3. The molecule has 0 aromatic carbocycles. The average Bonchev–Trinajstić information content (AvgIpc) is 3.16. The van der Waals surface area contributed by atoms with Gasteiger partial charge in [0.25, 0.3) is 0 Å². The van der Waals surface area contributed by atoms with E-state index >= 15 is 0 Å². The molecule has 4 aliphatic rings. The fourth-order valence-electron chi connectivity index (χ4n) is 4.35. The second kappa shape index (κ2) is 4.67. The Labute approximate surface area is 138 Å². The molecule has 4 unspecified atom stereocenters. The molecule has 1 aliphatic carbocycles. The fraction of sp³-hybridized carbons (Fsp3) is 0.562. The first kappa shape index (κ1) is 15.3. The van der Waals surface area contributed by atoms with Gasteiger partial charge in [-0.25, -0.2) is 0 Å². The summed E-state index contributed by atoms with van der Waals surface area (Å²) in [5, 5.41) is 3.31. The lowest BCUT2D eigenvalue weighted by molar-refractivity contribution is -0.156. The van der Waals surface area contributed by atoms with E-state index < -0.39 is 17.6 Å². The van der Waals surface area contributed by atoms with Gasteiger partial charge < -0.3 is 25.4 Å². The molecule has 4 atom stereocenters. The highest BCUT2D eigenvalue weighted by molar-refractivity contribution is 6.25. The number of ketones is 2. The number of nitrogens with two attached hydrogens (primary N) is 1. The summed E-state index contributed by atoms with van der Waals surface area (Å²) in [5.74, 6) is -1.64. The Bertz CT molecular complexity index is 755. The number of fused-ring (bicyclic) bond motifs is 4. The third-order valence-corrected chi connectivity index (χ3v) is 5.54. The Hall–Kier alpha value is -2.19. The van der Waals surface area contributed by atoms with E-state index in [2.05, 4.69) is 5.32 Å². The summed E-state index contributed by atoms with van der Waals surface area (Å²) in [6, 6.07) is 0.182. The largest absolute Gasteiger partial charge is 0.465 e. The highest BCUT2D eigenvalue weighted by Crippen LogP contribution is 2.55. The van der Waals surface area contributed by atoms with Crippen molar-refractivity contribution in [1.82, 2.24) is 10.2 Å². The number of hydrogen-bond acceptors (Lipinski definition) is 8. The van der Waals surface area contributed by atoms with Crippen molar-refractivity contribution in [3.8, 4) is 0 Å². The molecule has 3 aliphatic heterocycles. The third kappa shape index (κ3) is 1.62. The normalized spacial score (nSPS) is 36.8. The number of Topliss-reactive ketones (excluding diaryl/α,β-unsaturated/α-hetero) is 2. The smallest absolute Gasteiger partial charge is 0.302 e. The number of nitrogens with one attached hydrogen (secondary N) is 1. The number of piperazine rings is 1. The van der Waals surface area contributed by atoms with E-state index in [0.29, 0.717) is 17.8 Å². The van der Waals surface area contributed by atoms with E-state index in [0.717, 1.165) is 0 Å². The Morgan fingerprint density at radius 2 is 2.12 bits per heavy atom. The van der Waals surface area contributed by atoms with Crippen LogP contribution in [0.1, 0.15) is 13.8 Å². The van der Waals surface area contributed by atoms with Crippen molar-refractivity contribution < 1.29 is 23.9 Å². The van der Waals surface area contributed by atoms with Gasteiger partial charge >= 0.3 is 5.97 Å². The van der Waals surface area contributed by atoms with Crippen molar-refractivity contribution in [3.05, 3.63) is 22.5 Å². The maximum atomic E-state index is 12.8. The summed E-state index contributed by atoms with van der Waals surface area (Å²) in [6.07, 6.45) is 0. The molecule has 0 amide bonds. The van der Waals surface area contributed by atoms with Gasteiger partial charge in [0.15, 0.2) is 5.72 Å². The lowest BCUT2D eigenvalue weighted by Crippen LogP contribution is -2.55. The number of carbonyl (C=O) groups is 3. The highest BCUT2D eigenvalue weighted by atomic mass is 16.5. The van der Waals surface area contributed by atoms with E-state index in [4.69, 9.17) is 15.2 Å². The molecule has 8 nitrogen and oxygen atoms in total. The van der Waals surface area contributed by atoms with Crippen LogP contribution >= 0.6 is 0 Å². The van der Waals surface area contributed by atoms with Crippen LogP contribution in [-0.4, -0.2) is 60.5 Å². The summed E-state index contributed by atoms with van der Waals surface area (Å²) < 4.78 is 11.0. The molecule has 0 aromatic rings. The van der Waals surface area contributed by atoms with E-state index in [1.807, 2.05) is 4.90 Å². The number of esters is 1. The van der Waals surface area contributed by atoms with Gasteiger partial charge in [-0.15, -0.1) is 0 Å². The van der Waals surface area contributed by atoms with Gasteiger partial charge in [0.05, 0.1) is 23.4 Å². The van der Waals surface area contributed by atoms with Crippen LogP contribution in [0.2, 0.25) is 0 Å². The maximum Gasteiger partial charge on any atom is 0.302 e. The molecule has 0 aromatic heterocycles. The lowest BCUT2D eigenvalue weighted by Gasteiger charge is -2.39. The maximum absolute atomic E-state index is 12.8. The van der Waals surface area contributed by atoms with Gasteiger partial charge in [-0.2, -0.15) is 0 Å². The summed E-state index contributed by atoms with van der Waals surface area (Å²) >= 11 is 0. The molecule has 0 saturated carbocycles. The zero-order valence-corrected chi connectivity index (χ0v) is 13.7. The SMILES string of the molecule is COC12C(COC(C)=O)C3=C(C(=O)C(C)=C(N)C3=O)N1CC1NC12. The summed E-state index contributed by atoms with van der Waals surface area (Å²) in [4.78, 5) is 38.8. The predicted octanol–water partition coefficient (Wildman–Crippen LogP) is -1.18. The van der Waals surface area contributed by atoms with Crippen LogP contribution in [-0.2, 0) is 23.9 Å². The molecule has 2 saturated heterocycles. The average molecular weight is 333 g/mol. The van der Waals surface area contributed by atoms with Gasteiger partial charge in [-0.3, -0.25) is 14.4 Å². The molecule has 2 fully saturated rings. The van der Waals surface area contributed by atoms with E-state index in [9.17, 15) is 14.4 Å². The van der Waals surface area contributed by atoms with Crippen molar-refractivity contribution in [3.63, 3.8) is 0 Å². The summed E-state index contributed by atoms with van der Waals surface area (Å²) in [5.41, 5.74) is 5.82. The van der Waals surface area contributed by atoms with Gasteiger partial charge in [0.2, 0.25) is 11.6 Å². The molecule has 24 heavy (non-hydrogen) atoms. The van der Waals surface area contributed by atoms with Crippen molar-refractivity contribution in [1.29, 1.82) is 0 Å². The second-order valence-corrected chi connectivity index (χ2v) is 6.63. The Morgan fingerprint density at radius 3 is 2.75 bits per heavy atom. The summed E-state index contributed by atoms with van der Waals surface area (Å²) in [6.45, 7) is 3.40. The van der Waals surface area contributed by atoms with Gasteiger partial charge in [0.1, 0.15) is 6.61 Å². The fourth-order valence-corrected chi connectivity index (χ4v) is 4.35. The molecular formula is C16H19N3O5. The Balaban J connectivity index is 1.85. The Kier molecular flexibility index (Phi) is 2.99. The minimum atomic E-state index is -0.902. The van der Waals surface area contributed by atoms with Crippen LogP contribution in [0.4, 0.5) is 0 Å². The molecule has 3 N–H and O–H groups in total. The minimum absolute atomic E-state index is 0.0178. The summed E-state index contributed by atoms with van der Waals surface area (Å²) in [7, 11) is 1.55. The minimum Gasteiger partial charge on any atom is -0.465 e. The van der Waals surface area contributed by atoms with Gasteiger partial charge in [0, 0.05) is 37.8 Å². The second-order valence-electron chi connectivity index (χ2n) is 6.63. The monoisotopic (exact) mass is 333 g/mol. The Morgan fingerprint density at radius 1 is 1.42 bits per heavy atom. The number of nitrogens with zero attached hydrogens (tertiary/aromatic N) is 1. The van der Waals surface area contributed by atoms with E-state index in [-0.39, 0.29) is 41.5 Å². The van der Waals surface area contributed by atoms with Gasteiger partial charge in [-0.1, -0.05) is 0 Å². The first-order chi connectivity index (χ1) is 11.3. The van der Waals surface area contributed by atoms with Crippen LogP contribution in [0.25, 0.3) is 0 Å². The third-order valence-electron chi connectivity index (χ3n) is 5.54. The molecule has 4 rings (SSSR count). The predicted molar refractivity (Wildman–Crippen MR) is 81.2 cm³/mol. The van der Waals surface area contributed by atoms with E-state index in [1.165, 1.54) is 6.92 Å². The number of methoxy groups -OCH3 is 1. The quantitative estimate of drug-likeness (QED) is 0.376. The van der Waals surface area contributed by atoms with Crippen molar-refractivity contribution >= 4 is 17.5 Å². The lowest BCUT2D eigenvalue weighted by atomic mass is 9.82. The molecule has 0 bridgehead atoms. The first-order valence-electron chi connectivity index (χ1n) is 7.86. The molecular weight excluding hydrogens is 314 g/mol. The van der Waals surface area contributed by atoms with Crippen molar-refractivity contribution in [2.75, 3.05) is 20.3 Å². The molecule has 3 heterocycles. The topological polar surface area (TPSA) is 121 Å². The highest BCUT2D eigenvalue weighted by Gasteiger charge is 2.72. The number of ether oxygens (including phenoxy) is 2. The van der Waals surface area contributed by atoms with Crippen LogP contribution in [0.5, 0.6) is 0 Å². The van der Waals surface area contributed by atoms with Crippen LogP contribution in [0.3, 0.4) is 0 Å². The first-order valence-corrected chi connectivity index (χ1v) is 7.86. The number of carbonyl (C=O) groups excluding carboxylic acids is 3. The number of allylic oxidation sites excluding steroid dienone is 2. The number of hydrogen-bond donors (Lipinski definition) is 2. The molecule has 8 heteroatoms. The number of rotatable bonds is 3. The molecule has 128 valence electrons.